The van der Waals surface area contributed by atoms with Crippen LogP contribution in [0.3, 0.4) is 0 Å². The highest BCUT2D eigenvalue weighted by atomic mass is 32.2. The Hall–Kier alpha value is -0.0700. The molecule has 1 spiro atoms. The number of hydrogen-bond donors (Lipinski definition) is 0. The predicted octanol–water partition coefficient (Wildman–Crippen LogP) is 5.99. The lowest BCUT2D eigenvalue weighted by molar-refractivity contribution is -0.242. The number of hydrogen-bond acceptors (Lipinski definition) is 5. The molecule has 0 radical (unpaired) electrons. The summed E-state index contributed by atoms with van der Waals surface area (Å²) in [6.07, 6.45) is 19.3. The van der Waals surface area contributed by atoms with Gasteiger partial charge in [0.25, 0.3) is 0 Å². The van der Waals surface area contributed by atoms with Crippen molar-refractivity contribution in [3.63, 3.8) is 0 Å². The Balaban J connectivity index is 1.24. The molecular weight excluding hydrogens is 432 g/mol. The number of rotatable bonds is 5. The van der Waals surface area contributed by atoms with Gasteiger partial charge in [-0.15, -0.1) is 0 Å². The highest BCUT2D eigenvalue weighted by Crippen LogP contribution is 2.69. The quantitative estimate of drug-likeness (QED) is 0.456. The zero-order valence-electron chi connectivity index (χ0n) is 20.8. The number of thioether (sulfide) groups is 1. The van der Waals surface area contributed by atoms with E-state index in [1.54, 1.807) is 5.57 Å². The molecule has 0 aromatic carbocycles. The van der Waals surface area contributed by atoms with Gasteiger partial charge in [-0.2, -0.15) is 11.8 Å². The van der Waals surface area contributed by atoms with Crippen molar-refractivity contribution < 1.29 is 18.9 Å². The Labute approximate surface area is 204 Å². The fourth-order valence-corrected chi connectivity index (χ4v) is 9.84. The molecule has 4 nitrogen and oxygen atoms in total. The van der Waals surface area contributed by atoms with Gasteiger partial charge in [0.15, 0.2) is 5.79 Å². The maximum atomic E-state index is 6.61. The van der Waals surface area contributed by atoms with E-state index in [1.165, 1.54) is 57.1 Å². The minimum atomic E-state index is -0.285. The normalized spacial score (nSPS) is 46.5. The summed E-state index contributed by atoms with van der Waals surface area (Å²) in [5, 5.41) is 0. The first-order valence-corrected chi connectivity index (χ1v) is 15.2. The Morgan fingerprint density at radius 2 is 1.85 bits per heavy atom. The van der Waals surface area contributed by atoms with E-state index in [-0.39, 0.29) is 11.2 Å². The largest absolute Gasteiger partial charge is 0.379 e. The van der Waals surface area contributed by atoms with E-state index < -0.39 is 0 Å². The molecule has 33 heavy (non-hydrogen) atoms. The van der Waals surface area contributed by atoms with Crippen molar-refractivity contribution in [1.29, 1.82) is 0 Å². The third-order valence-electron chi connectivity index (χ3n) is 10.8. The van der Waals surface area contributed by atoms with Crippen LogP contribution in [0.5, 0.6) is 0 Å². The van der Waals surface area contributed by atoms with Crippen LogP contribution in [0.15, 0.2) is 11.6 Å². The second-order valence-corrected chi connectivity index (χ2v) is 13.0. The summed E-state index contributed by atoms with van der Waals surface area (Å²) in [6.45, 7) is 5.78. The van der Waals surface area contributed by atoms with Crippen LogP contribution < -0.4 is 0 Å². The number of fused-ring (bicyclic) bond motifs is 6. The molecule has 6 aliphatic rings. The zero-order chi connectivity index (χ0) is 22.5. The summed E-state index contributed by atoms with van der Waals surface area (Å²) < 4.78 is 25.0. The third kappa shape index (κ3) is 3.70. The molecule has 7 atom stereocenters. The molecule has 0 N–H and O–H groups in total. The molecule has 5 heteroatoms. The van der Waals surface area contributed by atoms with E-state index in [2.05, 4.69) is 19.3 Å². The zero-order valence-corrected chi connectivity index (χ0v) is 21.6. The summed E-state index contributed by atoms with van der Waals surface area (Å²) >= 11 is 2.03. The monoisotopic (exact) mass is 476 g/mol. The summed E-state index contributed by atoms with van der Waals surface area (Å²) in [6, 6.07) is 0. The lowest BCUT2D eigenvalue weighted by atomic mass is 9.46. The van der Waals surface area contributed by atoms with Gasteiger partial charge in [0, 0.05) is 18.4 Å². The molecular formula is C28H44O4S. The van der Waals surface area contributed by atoms with Crippen LogP contribution in [0, 0.1) is 28.6 Å². The molecule has 0 bridgehead atoms. The topological polar surface area (TPSA) is 36.9 Å². The van der Waals surface area contributed by atoms with Gasteiger partial charge in [0.2, 0.25) is 0 Å². The third-order valence-corrected chi connectivity index (χ3v) is 11.4. The summed E-state index contributed by atoms with van der Waals surface area (Å²) in [7, 11) is 0. The van der Waals surface area contributed by atoms with Crippen molar-refractivity contribution in [1.82, 2.24) is 0 Å². The molecule has 4 aliphatic carbocycles. The Morgan fingerprint density at radius 1 is 1.00 bits per heavy atom. The Kier molecular flexibility index (Phi) is 6.44. The molecule has 0 aromatic heterocycles. The number of ether oxygens (including phenoxy) is 4. The van der Waals surface area contributed by atoms with Gasteiger partial charge < -0.3 is 18.9 Å². The molecule has 2 aliphatic heterocycles. The highest BCUT2D eigenvalue weighted by molar-refractivity contribution is 7.98. The van der Waals surface area contributed by atoms with E-state index in [9.17, 15) is 0 Å². The molecule has 2 saturated heterocycles. The molecule has 6 rings (SSSR count). The molecule has 0 aromatic rings. The van der Waals surface area contributed by atoms with E-state index in [0.29, 0.717) is 17.6 Å². The van der Waals surface area contributed by atoms with Gasteiger partial charge in [-0.25, -0.2) is 0 Å². The van der Waals surface area contributed by atoms with Crippen LogP contribution in [0.4, 0.5) is 0 Å². The summed E-state index contributed by atoms with van der Waals surface area (Å²) in [5.41, 5.74) is 2.36. The van der Waals surface area contributed by atoms with Gasteiger partial charge >= 0.3 is 0 Å². The van der Waals surface area contributed by atoms with Gasteiger partial charge in [0.1, 0.15) is 0 Å². The van der Waals surface area contributed by atoms with E-state index in [0.717, 1.165) is 63.4 Å². The van der Waals surface area contributed by atoms with Crippen molar-refractivity contribution in [2.45, 2.75) is 95.5 Å². The minimum Gasteiger partial charge on any atom is -0.379 e. The van der Waals surface area contributed by atoms with Crippen molar-refractivity contribution in [2.24, 2.45) is 28.6 Å². The standard InChI is InChI=1S/C28H44O4S/c1-26-10-8-25-23(24(26)9-12-28(26)30-15-16-31-28)6-5-20-18-21(32-22-4-3-14-29-19-22)7-11-27(20,25)13-17-33-2/h5,21-25H,3-4,6-19H2,1-2H3/t21-,22?,23-,24-,25-,26-,27+/m0/s1. The molecule has 2 heterocycles. The lowest BCUT2D eigenvalue weighted by Crippen LogP contribution is -2.55. The van der Waals surface area contributed by atoms with Crippen LogP contribution in [0.1, 0.15) is 77.6 Å². The smallest absolute Gasteiger partial charge is 0.174 e. The van der Waals surface area contributed by atoms with Crippen LogP contribution in [0.25, 0.3) is 0 Å². The average molecular weight is 477 g/mol. The van der Waals surface area contributed by atoms with Crippen molar-refractivity contribution in [2.75, 3.05) is 38.4 Å². The second-order valence-electron chi connectivity index (χ2n) is 12.0. The van der Waals surface area contributed by atoms with Gasteiger partial charge in [0.05, 0.1) is 32.0 Å². The Bertz CT molecular complexity index is 742. The maximum Gasteiger partial charge on any atom is 0.174 e. The molecule has 186 valence electrons. The first-order chi connectivity index (χ1) is 16.1. The highest BCUT2D eigenvalue weighted by Gasteiger charge is 2.67. The minimum absolute atomic E-state index is 0.192. The molecule has 0 amide bonds. The van der Waals surface area contributed by atoms with Gasteiger partial charge in [-0.3, -0.25) is 0 Å². The first kappa shape index (κ1) is 23.3. The first-order valence-electron chi connectivity index (χ1n) is 13.8. The van der Waals surface area contributed by atoms with Crippen LogP contribution in [-0.4, -0.2) is 56.4 Å². The number of allylic oxidation sites excluding steroid dienone is 1. The summed E-state index contributed by atoms with van der Waals surface area (Å²) in [5.74, 6) is 3.36. The van der Waals surface area contributed by atoms with Crippen LogP contribution in [0.2, 0.25) is 0 Å². The lowest BCUT2D eigenvalue weighted by Gasteiger charge is -2.60. The van der Waals surface area contributed by atoms with Crippen LogP contribution in [-0.2, 0) is 18.9 Å². The van der Waals surface area contributed by atoms with E-state index in [1.807, 2.05) is 11.8 Å². The van der Waals surface area contributed by atoms with Crippen molar-refractivity contribution >= 4 is 11.8 Å². The fraction of sp³-hybridized carbons (Fsp3) is 0.929. The molecule has 5 fully saturated rings. The Morgan fingerprint density at radius 3 is 2.64 bits per heavy atom. The fourth-order valence-electron chi connectivity index (χ4n) is 9.27. The second kappa shape index (κ2) is 9.10. The van der Waals surface area contributed by atoms with E-state index >= 15 is 0 Å². The molecule has 1 unspecified atom stereocenters. The van der Waals surface area contributed by atoms with Crippen molar-refractivity contribution in [3.8, 4) is 0 Å². The van der Waals surface area contributed by atoms with Crippen LogP contribution >= 0.6 is 11.8 Å². The predicted molar refractivity (Wildman–Crippen MR) is 132 cm³/mol. The summed E-state index contributed by atoms with van der Waals surface area (Å²) in [4.78, 5) is 0. The molecule has 3 saturated carbocycles. The van der Waals surface area contributed by atoms with Crippen molar-refractivity contribution in [3.05, 3.63) is 11.6 Å². The van der Waals surface area contributed by atoms with Gasteiger partial charge in [-0.05, 0) is 99.4 Å². The van der Waals surface area contributed by atoms with Gasteiger partial charge in [-0.1, -0.05) is 18.6 Å². The maximum absolute atomic E-state index is 6.61. The van der Waals surface area contributed by atoms with E-state index in [4.69, 9.17) is 18.9 Å². The average Bonchev–Trinajstić information content (AvgIpc) is 3.44. The SMILES string of the molecule is CSCC[C@]12CC[C@H](OC3CCCOC3)CC1=CC[C@@H]1[C@@H]2CC[C@@]2(C)[C@H]1CCC21OCCO1.